The minimum atomic E-state index is -3.51. The van der Waals surface area contributed by atoms with Gasteiger partial charge in [-0.1, -0.05) is 12.1 Å². The molecule has 0 saturated heterocycles. The largest absolute Gasteiger partial charge is 0.345 e. The van der Waals surface area contributed by atoms with Crippen LogP contribution in [0.2, 0.25) is 0 Å². The average Bonchev–Trinajstić information content (AvgIpc) is 2.54. The lowest BCUT2D eigenvalue weighted by Gasteiger charge is -2.11. The summed E-state index contributed by atoms with van der Waals surface area (Å²) in [5, 5.41) is 2.64. The van der Waals surface area contributed by atoms with E-state index in [9.17, 15) is 18.0 Å². The molecule has 0 spiro atoms. The molecule has 0 aliphatic heterocycles. The highest BCUT2D eigenvalue weighted by atomic mass is 32.2. The second-order valence-electron chi connectivity index (χ2n) is 5.50. The Labute approximate surface area is 141 Å². The zero-order valence-corrected chi connectivity index (χ0v) is 14.4. The minimum Gasteiger partial charge on any atom is -0.345 e. The van der Waals surface area contributed by atoms with Crippen molar-refractivity contribution in [1.29, 1.82) is 0 Å². The summed E-state index contributed by atoms with van der Waals surface area (Å²) in [6.07, 6.45) is 1.06. The fourth-order valence-corrected chi connectivity index (χ4v) is 3.02. The van der Waals surface area contributed by atoms with Gasteiger partial charge in [-0.2, -0.15) is 0 Å². The van der Waals surface area contributed by atoms with Gasteiger partial charge in [-0.15, -0.1) is 0 Å². The summed E-state index contributed by atoms with van der Waals surface area (Å²) in [6.45, 7) is 0. The van der Waals surface area contributed by atoms with Crippen LogP contribution in [-0.4, -0.2) is 45.5 Å². The van der Waals surface area contributed by atoms with Gasteiger partial charge >= 0.3 is 0 Å². The predicted molar refractivity (Wildman–Crippen MR) is 92.0 cm³/mol. The van der Waals surface area contributed by atoms with E-state index in [1.807, 2.05) is 0 Å². The molecule has 0 fully saturated rings. The van der Waals surface area contributed by atoms with Crippen molar-refractivity contribution in [1.82, 2.24) is 4.90 Å². The molecule has 0 aliphatic rings. The number of amides is 2. The number of sulfone groups is 1. The van der Waals surface area contributed by atoms with Gasteiger partial charge < -0.3 is 10.2 Å². The Kier molecular flexibility index (Phi) is 5.04. The van der Waals surface area contributed by atoms with Crippen molar-refractivity contribution < 1.29 is 18.0 Å². The van der Waals surface area contributed by atoms with Crippen molar-refractivity contribution in [3.63, 3.8) is 0 Å². The van der Waals surface area contributed by atoms with E-state index in [1.165, 1.54) is 17.0 Å². The van der Waals surface area contributed by atoms with Gasteiger partial charge in [0.05, 0.1) is 10.5 Å². The average molecular weight is 346 g/mol. The van der Waals surface area contributed by atoms with Crippen LogP contribution in [0.15, 0.2) is 53.4 Å². The molecule has 0 aromatic heterocycles. The molecule has 7 heteroatoms. The Hall–Kier alpha value is -2.67. The van der Waals surface area contributed by atoms with Crippen LogP contribution in [0.1, 0.15) is 20.7 Å². The normalized spacial score (nSPS) is 11.0. The molecule has 0 bridgehead atoms. The van der Waals surface area contributed by atoms with Crippen LogP contribution in [0.25, 0.3) is 0 Å². The second kappa shape index (κ2) is 6.84. The summed E-state index contributed by atoms with van der Waals surface area (Å²) >= 11 is 0. The van der Waals surface area contributed by atoms with Crippen molar-refractivity contribution in [2.45, 2.75) is 4.90 Å². The highest BCUT2D eigenvalue weighted by molar-refractivity contribution is 7.90. The fourth-order valence-electron chi connectivity index (χ4n) is 2.13. The number of carbonyl (C=O) groups is 2. The summed E-state index contributed by atoms with van der Waals surface area (Å²) in [7, 11) is -0.203. The van der Waals surface area contributed by atoms with Gasteiger partial charge in [-0.3, -0.25) is 9.59 Å². The quantitative estimate of drug-likeness (QED) is 0.918. The summed E-state index contributed by atoms with van der Waals surface area (Å²) in [4.78, 5) is 25.6. The molecular weight excluding hydrogens is 328 g/mol. The monoisotopic (exact) mass is 346 g/mol. The molecule has 6 nitrogen and oxygen atoms in total. The number of carbonyl (C=O) groups excluding carboxylic acids is 2. The molecule has 126 valence electrons. The lowest BCUT2D eigenvalue weighted by Crippen LogP contribution is -2.21. The predicted octanol–water partition coefficient (Wildman–Crippen LogP) is 2.04. The molecule has 0 atom stereocenters. The van der Waals surface area contributed by atoms with Gasteiger partial charge in [-0.25, -0.2) is 8.42 Å². The second-order valence-corrected chi connectivity index (χ2v) is 7.48. The molecular formula is C17H18N2O4S. The lowest BCUT2D eigenvalue weighted by molar-refractivity contribution is 0.0827. The molecule has 0 saturated carbocycles. The summed E-state index contributed by atoms with van der Waals surface area (Å²) < 4.78 is 23.5. The van der Waals surface area contributed by atoms with E-state index in [-0.39, 0.29) is 16.4 Å². The zero-order valence-electron chi connectivity index (χ0n) is 13.6. The van der Waals surface area contributed by atoms with Crippen molar-refractivity contribution in [3.05, 3.63) is 59.7 Å². The van der Waals surface area contributed by atoms with E-state index in [4.69, 9.17) is 0 Å². The van der Waals surface area contributed by atoms with Crippen LogP contribution < -0.4 is 5.32 Å². The van der Waals surface area contributed by atoms with E-state index < -0.39 is 15.7 Å². The Morgan fingerprint density at radius 2 is 1.54 bits per heavy atom. The third-order valence-corrected chi connectivity index (χ3v) is 4.48. The van der Waals surface area contributed by atoms with Gasteiger partial charge in [0.1, 0.15) is 0 Å². The van der Waals surface area contributed by atoms with Crippen LogP contribution in [0.4, 0.5) is 5.69 Å². The summed E-state index contributed by atoms with van der Waals surface area (Å²) in [5.74, 6) is -0.669. The molecule has 2 rings (SSSR count). The van der Waals surface area contributed by atoms with Gasteiger partial charge in [0.2, 0.25) is 0 Å². The smallest absolute Gasteiger partial charge is 0.256 e. The number of nitrogens with one attached hydrogen (secondary N) is 1. The lowest BCUT2D eigenvalue weighted by atomic mass is 10.1. The van der Waals surface area contributed by atoms with Crippen molar-refractivity contribution >= 4 is 27.3 Å². The van der Waals surface area contributed by atoms with E-state index >= 15 is 0 Å². The molecule has 0 heterocycles. The SMILES string of the molecule is CN(C)C(=O)c1ccc(NC(=O)c2ccccc2S(C)(=O)=O)cc1. The third-order valence-electron chi connectivity index (χ3n) is 3.33. The number of rotatable bonds is 4. The van der Waals surface area contributed by atoms with E-state index in [0.717, 1.165) is 6.26 Å². The summed E-state index contributed by atoms with van der Waals surface area (Å²) in [5.41, 5.74) is 1.04. The number of hydrogen-bond acceptors (Lipinski definition) is 4. The first-order valence-electron chi connectivity index (χ1n) is 7.12. The molecule has 24 heavy (non-hydrogen) atoms. The molecule has 2 aromatic carbocycles. The number of nitrogens with zero attached hydrogens (tertiary/aromatic N) is 1. The minimum absolute atomic E-state index is 0.0260. The topological polar surface area (TPSA) is 83.6 Å². The third kappa shape index (κ3) is 3.99. The summed E-state index contributed by atoms with van der Waals surface area (Å²) in [6, 6.07) is 12.4. The first-order valence-corrected chi connectivity index (χ1v) is 9.01. The molecule has 1 N–H and O–H groups in total. The van der Waals surface area contributed by atoms with Crippen LogP contribution in [0, 0.1) is 0 Å². The maximum atomic E-state index is 12.4. The highest BCUT2D eigenvalue weighted by Crippen LogP contribution is 2.18. The molecule has 0 unspecified atom stereocenters. The standard InChI is InChI=1S/C17H18N2O4S/c1-19(2)17(21)12-8-10-13(11-9-12)18-16(20)14-6-4-5-7-15(14)24(3,22)23/h4-11H,1-3H3,(H,18,20). The van der Waals surface area contributed by atoms with E-state index in [1.54, 1.807) is 50.5 Å². The van der Waals surface area contributed by atoms with Gasteiger partial charge in [-0.05, 0) is 36.4 Å². The van der Waals surface area contributed by atoms with Gasteiger partial charge in [0.15, 0.2) is 9.84 Å². The maximum Gasteiger partial charge on any atom is 0.256 e. The maximum absolute atomic E-state index is 12.4. The van der Waals surface area contributed by atoms with Gasteiger partial charge in [0, 0.05) is 31.6 Å². The van der Waals surface area contributed by atoms with Crippen LogP contribution >= 0.6 is 0 Å². The zero-order chi connectivity index (χ0) is 17.9. The molecule has 2 aromatic rings. The first-order chi connectivity index (χ1) is 11.2. The van der Waals surface area contributed by atoms with Crippen LogP contribution in [-0.2, 0) is 9.84 Å². The van der Waals surface area contributed by atoms with Crippen molar-refractivity contribution in [2.24, 2.45) is 0 Å². The molecule has 0 radical (unpaired) electrons. The fraction of sp³-hybridized carbons (Fsp3) is 0.176. The van der Waals surface area contributed by atoms with Crippen molar-refractivity contribution in [3.8, 4) is 0 Å². The Bertz CT molecular complexity index is 872. The number of benzene rings is 2. The van der Waals surface area contributed by atoms with Crippen molar-refractivity contribution in [2.75, 3.05) is 25.7 Å². The number of hydrogen-bond donors (Lipinski definition) is 1. The highest BCUT2D eigenvalue weighted by Gasteiger charge is 2.18. The van der Waals surface area contributed by atoms with Crippen LogP contribution in [0.3, 0.4) is 0 Å². The van der Waals surface area contributed by atoms with Gasteiger partial charge in [0.25, 0.3) is 11.8 Å². The Balaban J connectivity index is 2.24. The Morgan fingerprint density at radius 3 is 2.08 bits per heavy atom. The molecule has 2 amide bonds. The van der Waals surface area contributed by atoms with E-state index in [2.05, 4.69) is 5.32 Å². The van der Waals surface area contributed by atoms with E-state index in [0.29, 0.717) is 11.3 Å². The number of anilines is 1. The Morgan fingerprint density at radius 1 is 0.958 bits per heavy atom. The molecule has 0 aliphatic carbocycles. The van der Waals surface area contributed by atoms with Crippen LogP contribution in [0.5, 0.6) is 0 Å². The first kappa shape index (κ1) is 17.7.